The van der Waals surface area contributed by atoms with Crippen LogP contribution in [0.1, 0.15) is 25.0 Å². The lowest BCUT2D eigenvalue weighted by atomic mass is 10.1. The van der Waals surface area contributed by atoms with Crippen LogP contribution < -0.4 is 0 Å². The number of hydrogen-bond acceptors (Lipinski definition) is 2. The highest BCUT2D eigenvalue weighted by molar-refractivity contribution is 5.79. The van der Waals surface area contributed by atoms with Crippen molar-refractivity contribution in [2.24, 2.45) is 0 Å². The summed E-state index contributed by atoms with van der Waals surface area (Å²) in [6, 6.07) is 8.17. The van der Waals surface area contributed by atoms with Gasteiger partial charge < -0.3 is 10.0 Å². The van der Waals surface area contributed by atoms with E-state index in [2.05, 4.69) is 19.1 Å². The summed E-state index contributed by atoms with van der Waals surface area (Å²) in [5.74, 6) is -0.250. The molecule has 1 unspecified atom stereocenters. The van der Waals surface area contributed by atoms with E-state index in [0.717, 1.165) is 12.0 Å². The topological polar surface area (TPSA) is 40.5 Å². The summed E-state index contributed by atoms with van der Waals surface area (Å²) in [5.41, 5.74) is 2.36. The van der Waals surface area contributed by atoms with Crippen LogP contribution in [-0.2, 0) is 17.8 Å². The van der Waals surface area contributed by atoms with E-state index in [4.69, 9.17) is 5.11 Å². The molecule has 0 aliphatic rings. The van der Waals surface area contributed by atoms with E-state index in [0.29, 0.717) is 6.54 Å². The lowest BCUT2D eigenvalue weighted by Gasteiger charge is -2.18. The Kier molecular flexibility index (Phi) is 4.50. The molecule has 0 aliphatic carbocycles. The maximum Gasteiger partial charge on any atom is 0.251 e. The van der Waals surface area contributed by atoms with E-state index in [-0.39, 0.29) is 5.91 Å². The van der Waals surface area contributed by atoms with Crippen molar-refractivity contribution in [2.75, 3.05) is 7.05 Å². The molecule has 1 aromatic carbocycles. The van der Waals surface area contributed by atoms with Crippen LogP contribution in [0.25, 0.3) is 0 Å². The third kappa shape index (κ3) is 3.35. The lowest BCUT2D eigenvalue weighted by molar-refractivity contribution is -0.138. The van der Waals surface area contributed by atoms with Crippen molar-refractivity contribution in [3.63, 3.8) is 0 Å². The third-order valence-corrected chi connectivity index (χ3v) is 2.58. The van der Waals surface area contributed by atoms with Crippen LogP contribution >= 0.6 is 0 Å². The number of aliphatic hydroxyl groups excluding tert-OH is 1. The minimum absolute atomic E-state index is 0.250. The molecule has 3 nitrogen and oxygen atoms in total. The highest BCUT2D eigenvalue weighted by atomic mass is 16.3. The Morgan fingerprint density at radius 1 is 1.31 bits per heavy atom. The summed E-state index contributed by atoms with van der Waals surface area (Å²) in [5, 5.41) is 9.16. The molecule has 1 N–H and O–H groups in total. The first-order valence-electron chi connectivity index (χ1n) is 5.55. The zero-order chi connectivity index (χ0) is 12.1. The molecule has 1 aromatic rings. The van der Waals surface area contributed by atoms with Crippen molar-refractivity contribution < 1.29 is 9.90 Å². The lowest BCUT2D eigenvalue weighted by Crippen LogP contribution is -2.34. The van der Waals surface area contributed by atoms with Gasteiger partial charge in [-0.25, -0.2) is 0 Å². The molecule has 0 saturated heterocycles. The SMILES string of the molecule is CCc1ccc(CN(C)C(=O)C(C)O)cc1. The van der Waals surface area contributed by atoms with E-state index in [1.807, 2.05) is 12.1 Å². The average Bonchev–Trinajstić information content (AvgIpc) is 2.28. The molecule has 1 atom stereocenters. The van der Waals surface area contributed by atoms with Crippen molar-refractivity contribution in [3.05, 3.63) is 35.4 Å². The molecular formula is C13H19NO2. The quantitative estimate of drug-likeness (QED) is 0.838. The summed E-state index contributed by atoms with van der Waals surface area (Å²) in [4.78, 5) is 13.0. The first kappa shape index (κ1) is 12.7. The fraction of sp³-hybridized carbons (Fsp3) is 0.462. The van der Waals surface area contributed by atoms with E-state index >= 15 is 0 Å². The number of aliphatic hydroxyl groups is 1. The van der Waals surface area contributed by atoms with Crippen molar-refractivity contribution >= 4 is 5.91 Å². The van der Waals surface area contributed by atoms with E-state index < -0.39 is 6.10 Å². The fourth-order valence-corrected chi connectivity index (χ4v) is 1.55. The monoisotopic (exact) mass is 221 g/mol. The summed E-state index contributed by atoms with van der Waals surface area (Å²) in [6.45, 7) is 4.13. The van der Waals surface area contributed by atoms with Crippen LogP contribution in [0.5, 0.6) is 0 Å². The summed E-state index contributed by atoms with van der Waals surface area (Å²) in [6.07, 6.45) is 0.0860. The Balaban J connectivity index is 2.62. The van der Waals surface area contributed by atoms with Crippen LogP contribution in [-0.4, -0.2) is 29.1 Å². The zero-order valence-corrected chi connectivity index (χ0v) is 10.1. The van der Waals surface area contributed by atoms with Crippen molar-refractivity contribution in [1.29, 1.82) is 0 Å². The Labute approximate surface area is 96.7 Å². The molecule has 88 valence electrons. The summed E-state index contributed by atoms with van der Waals surface area (Å²) >= 11 is 0. The molecule has 0 aliphatic heterocycles. The molecule has 0 fully saturated rings. The average molecular weight is 221 g/mol. The fourth-order valence-electron chi connectivity index (χ4n) is 1.55. The minimum Gasteiger partial charge on any atom is -0.384 e. The van der Waals surface area contributed by atoms with Gasteiger partial charge in [0.15, 0.2) is 0 Å². The molecular weight excluding hydrogens is 202 g/mol. The summed E-state index contributed by atoms with van der Waals surface area (Å²) < 4.78 is 0. The van der Waals surface area contributed by atoms with Gasteiger partial charge in [-0.05, 0) is 24.5 Å². The summed E-state index contributed by atoms with van der Waals surface area (Å²) in [7, 11) is 1.70. The zero-order valence-electron chi connectivity index (χ0n) is 10.1. The Bertz CT molecular complexity index is 343. The number of benzene rings is 1. The molecule has 3 heteroatoms. The molecule has 0 heterocycles. The second-order valence-electron chi connectivity index (χ2n) is 4.04. The molecule has 0 aromatic heterocycles. The maximum absolute atomic E-state index is 11.4. The standard InChI is InChI=1S/C13H19NO2/c1-4-11-5-7-12(8-6-11)9-14(3)13(16)10(2)15/h5-8,10,15H,4,9H2,1-3H3. The molecule has 16 heavy (non-hydrogen) atoms. The Morgan fingerprint density at radius 3 is 2.25 bits per heavy atom. The number of rotatable bonds is 4. The van der Waals surface area contributed by atoms with Gasteiger partial charge in [0.25, 0.3) is 5.91 Å². The highest BCUT2D eigenvalue weighted by Gasteiger charge is 2.14. The molecule has 1 amide bonds. The smallest absolute Gasteiger partial charge is 0.251 e. The first-order chi connectivity index (χ1) is 7.54. The number of carbonyl (C=O) groups is 1. The van der Waals surface area contributed by atoms with Gasteiger partial charge in [0, 0.05) is 13.6 Å². The Morgan fingerprint density at radius 2 is 1.81 bits per heavy atom. The second-order valence-corrected chi connectivity index (χ2v) is 4.04. The Hall–Kier alpha value is -1.35. The van der Waals surface area contributed by atoms with E-state index in [9.17, 15) is 4.79 Å². The number of likely N-dealkylation sites (N-methyl/N-ethyl adjacent to an activating group) is 1. The molecule has 0 bridgehead atoms. The van der Waals surface area contributed by atoms with Crippen LogP contribution in [0, 0.1) is 0 Å². The number of hydrogen-bond donors (Lipinski definition) is 1. The molecule has 0 radical (unpaired) electrons. The molecule has 0 spiro atoms. The van der Waals surface area contributed by atoms with Gasteiger partial charge in [-0.1, -0.05) is 31.2 Å². The first-order valence-corrected chi connectivity index (χ1v) is 5.55. The predicted octanol–water partition coefficient (Wildman–Crippen LogP) is 1.59. The second kappa shape index (κ2) is 5.66. The van der Waals surface area contributed by atoms with Crippen LogP contribution in [0.15, 0.2) is 24.3 Å². The van der Waals surface area contributed by atoms with Crippen LogP contribution in [0.2, 0.25) is 0 Å². The highest BCUT2D eigenvalue weighted by Crippen LogP contribution is 2.08. The maximum atomic E-state index is 11.4. The third-order valence-electron chi connectivity index (χ3n) is 2.58. The van der Waals surface area contributed by atoms with Gasteiger partial charge in [0.2, 0.25) is 0 Å². The van der Waals surface area contributed by atoms with Gasteiger partial charge in [-0.15, -0.1) is 0 Å². The van der Waals surface area contributed by atoms with Crippen LogP contribution in [0.3, 0.4) is 0 Å². The molecule has 0 saturated carbocycles. The van der Waals surface area contributed by atoms with Gasteiger partial charge in [0.1, 0.15) is 6.10 Å². The predicted molar refractivity (Wildman–Crippen MR) is 64.0 cm³/mol. The van der Waals surface area contributed by atoms with Gasteiger partial charge in [0.05, 0.1) is 0 Å². The molecule has 1 rings (SSSR count). The largest absolute Gasteiger partial charge is 0.384 e. The number of carbonyl (C=O) groups excluding carboxylic acids is 1. The van der Waals surface area contributed by atoms with Crippen molar-refractivity contribution in [1.82, 2.24) is 4.90 Å². The number of amides is 1. The normalized spacial score (nSPS) is 12.2. The van der Waals surface area contributed by atoms with Crippen LogP contribution in [0.4, 0.5) is 0 Å². The van der Waals surface area contributed by atoms with Crippen molar-refractivity contribution in [3.8, 4) is 0 Å². The number of nitrogens with zero attached hydrogens (tertiary/aromatic N) is 1. The van der Waals surface area contributed by atoms with Gasteiger partial charge in [-0.2, -0.15) is 0 Å². The van der Waals surface area contributed by atoms with E-state index in [1.165, 1.54) is 17.4 Å². The minimum atomic E-state index is -0.931. The van der Waals surface area contributed by atoms with Crippen molar-refractivity contribution in [2.45, 2.75) is 32.9 Å². The van der Waals surface area contributed by atoms with Gasteiger partial charge >= 0.3 is 0 Å². The van der Waals surface area contributed by atoms with E-state index in [1.54, 1.807) is 7.05 Å². The number of aryl methyl sites for hydroxylation is 1. The van der Waals surface area contributed by atoms with Gasteiger partial charge in [-0.3, -0.25) is 4.79 Å².